The van der Waals surface area contributed by atoms with Gasteiger partial charge in [0.05, 0.1) is 24.5 Å². The average Bonchev–Trinajstić information content (AvgIpc) is 2.86. The molecule has 7 nitrogen and oxygen atoms in total. The molecule has 180 valence electrons. The molecule has 1 saturated heterocycles. The summed E-state index contributed by atoms with van der Waals surface area (Å²) in [7, 11) is 0. The molecule has 0 bridgehead atoms. The number of aryl methyl sites for hydroxylation is 1. The summed E-state index contributed by atoms with van der Waals surface area (Å²) >= 11 is 4.25. The van der Waals surface area contributed by atoms with E-state index in [9.17, 15) is 19.6 Å². The highest BCUT2D eigenvalue weighted by atomic mass is 127. The minimum absolute atomic E-state index is 0.141. The number of anilines is 1. The van der Waals surface area contributed by atoms with Crippen LogP contribution in [0.5, 0.6) is 5.75 Å². The number of carbonyl (C=O) groups excluding carboxylic acids is 3. The summed E-state index contributed by atoms with van der Waals surface area (Å²) in [6, 6.07) is 19.2. The maximum absolute atomic E-state index is 13.2. The van der Waals surface area contributed by atoms with Crippen LogP contribution in [0.15, 0.2) is 66.2 Å². The molecule has 0 aliphatic carbocycles. The molecule has 3 aromatic carbocycles. The van der Waals surface area contributed by atoms with E-state index >= 15 is 0 Å². The Morgan fingerprint density at radius 1 is 1.03 bits per heavy atom. The van der Waals surface area contributed by atoms with Crippen molar-refractivity contribution >= 4 is 74.8 Å². The van der Waals surface area contributed by atoms with Crippen molar-refractivity contribution < 1.29 is 19.1 Å². The van der Waals surface area contributed by atoms with E-state index in [0.717, 1.165) is 29.6 Å². The van der Waals surface area contributed by atoms with E-state index in [0.29, 0.717) is 22.6 Å². The highest BCUT2D eigenvalue weighted by Crippen LogP contribution is 2.31. The van der Waals surface area contributed by atoms with Gasteiger partial charge in [-0.05, 0) is 99.1 Å². The molecule has 1 aliphatic rings. The number of amides is 4. The van der Waals surface area contributed by atoms with Crippen molar-refractivity contribution in [2.45, 2.75) is 20.0 Å². The highest BCUT2D eigenvalue weighted by Gasteiger charge is 2.36. The van der Waals surface area contributed by atoms with E-state index in [-0.39, 0.29) is 12.2 Å². The van der Waals surface area contributed by atoms with Crippen molar-refractivity contribution in [3.05, 3.63) is 95.6 Å². The molecule has 9 heteroatoms. The standard InChI is InChI=1S/C27H19I2N3O4/c1-2-16-7-9-20(10-8-16)32-26(34)21(25(33)31-27(32)35)11-17-12-22(28)24(23(29)13-17)36-15-19-6-4-3-5-18(19)14-30/h3-13H,2,15H2,1H3,(H,31,33,35)/b21-11-. The Kier molecular flexibility index (Phi) is 8.05. The van der Waals surface area contributed by atoms with E-state index in [1.54, 1.807) is 36.4 Å². The van der Waals surface area contributed by atoms with Gasteiger partial charge >= 0.3 is 6.03 Å². The number of hydrogen-bond acceptors (Lipinski definition) is 5. The van der Waals surface area contributed by atoms with Crippen LogP contribution in [0.2, 0.25) is 0 Å². The van der Waals surface area contributed by atoms with E-state index in [2.05, 4.69) is 56.6 Å². The summed E-state index contributed by atoms with van der Waals surface area (Å²) in [6.07, 6.45) is 2.29. The fourth-order valence-corrected chi connectivity index (χ4v) is 5.77. The molecular weight excluding hydrogens is 684 g/mol. The van der Waals surface area contributed by atoms with Gasteiger partial charge in [0.1, 0.15) is 17.9 Å². The molecule has 0 atom stereocenters. The van der Waals surface area contributed by atoms with Crippen LogP contribution in [-0.4, -0.2) is 17.8 Å². The molecule has 0 spiro atoms. The third-order valence-electron chi connectivity index (χ3n) is 5.55. The fraction of sp³-hybridized carbons (Fsp3) is 0.111. The van der Waals surface area contributed by atoms with Gasteiger partial charge in [0.25, 0.3) is 11.8 Å². The number of urea groups is 1. The second kappa shape index (κ2) is 11.2. The lowest BCUT2D eigenvalue weighted by Gasteiger charge is -2.26. The second-order valence-corrected chi connectivity index (χ2v) is 10.2. The Morgan fingerprint density at radius 2 is 1.69 bits per heavy atom. The van der Waals surface area contributed by atoms with Gasteiger partial charge in [-0.25, -0.2) is 9.69 Å². The molecule has 0 radical (unpaired) electrons. The molecular formula is C27H19I2N3O4. The van der Waals surface area contributed by atoms with Crippen LogP contribution in [-0.2, 0) is 22.6 Å². The van der Waals surface area contributed by atoms with E-state index < -0.39 is 17.8 Å². The Hall–Kier alpha value is -3.24. The minimum Gasteiger partial charge on any atom is -0.487 e. The molecule has 1 N–H and O–H groups in total. The average molecular weight is 703 g/mol. The second-order valence-electron chi connectivity index (χ2n) is 7.85. The number of hydrogen-bond donors (Lipinski definition) is 1. The lowest BCUT2D eigenvalue weighted by molar-refractivity contribution is -0.122. The van der Waals surface area contributed by atoms with Gasteiger partial charge < -0.3 is 4.74 Å². The van der Waals surface area contributed by atoms with Crippen molar-refractivity contribution in [3.8, 4) is 11.8 Å². The SMILES string of the molecule is CCc1ccc(N2C(=O)NC(=O)/C(=C/c3cc(I)c(OCc4ccccc4C#N)c(I)c3)C2=O)cc1. The van der Waals surface area contributed by atoms with Gasteiger partial charge in [-0.3, -0.25) is 14.9 Å². The quantitative estimate of drug-likeness (QED) is 0.206. The van der Waals surface area contributed by atoms with Crippen LogP contribution in [0.25, 0.3) is 6.08 Å². The summed E-state index contributed by atoms with van der Waals surface area (Å²) in [5.74, 6) is -0.797. The first-order valence-corrected chi connectivity index (χ1v) is 13.1. The van der Waals surface area contributed by atoms with Crippen LogP contribution in [0.3, 0.4) is 0 Å². The lowest BCUT2D eigenvalue weighted by atomic mass is 10.1. The van der Waals surface area contributed by atoms with Crippen molar-refractivity contribution in [2.75, 3.05) is 4.90 Å². The molecule has 1 heterocycles. The Balaban J connectivity index is 1.60. The maximum Gasteiger partial charge on any atom is 0.335 e. The number of nitrogens with one attached hydrogen (secondary N) is 1. The Morgan fingerprint density at radius 3 is 2.33 bits per heavy atom. The number of ether oxygens (including phenoxy) is 1. The molecule has 4 amide bonds. The molecule has 0 saturated carbocycles. The van der Waals surface area contributed by atoms with Gasteiger partial charge in [0.15, 0.2) is 0 Å². The largest absolute Gasteiger partial charge is 0.487 e. The number of benzene rings is 3. The predicted octanol–water partition coefficient (Wildman–Crippen LogP) is 5.58. The van der Waals surface area contributed by atoms with E-state index in [1.807, 2.05) is 31.2 Å². The lowest BCUT2D eigenvalue weighted by Crippen LogP contribution is -2.54. The Labute approximate surface area is 235 Å². The molecule has 0 unspecified atom stereocenters. The summed E-state index contributed by atoms with van der Waals surface area (Å²) < 4.78 is 7.55. The third-order valence-corrected chi connectivity index (χ3v) is 7.15. The monoisotopic (exact) mass is 703 g/mol. The van der Waals surface area contributed by atoms with Crippen molar-refractivity contribution in [1.29, 1.82) is 5.26 Å². The van der Waals surface area contributed by atoms with E-state index in [4.69, 9.17) is 4.74 Å². The first kappa shape index (κ1) is 25.8. The summed E-state index contributed by atoms with van der Waals surface area (Å²) in [6.45, 7) is 2.24. The molecule has 1 fully saturated rings. The van der Waals surface area contributed by atoms with Crippen LogP contribution in [0.1, 0.15) is 29.2 Å². The highest BCUT2D eigenvalue weighted by molar-refractivity contribution is 14.1. The normalized spacial score (nSPS) is 14.6. The number of halogens is 2. The van der Waals surface area contributed by atoms with Crippen molar-refractivity contribution in [2.24, 2.45) is 0 Å². The van der Waals surface area contributed by atoms with Gasteiger partial charge in [-0.1, -0.05) is 37.3 Å². The van der Waals surface area contributed by atoms with Crippen LogP contribution < -0.4 is 15.0 Å². The minimum atomic E-state index is -0.781. The van der Waals surface area contributed by atoms with Gasteiger partial charge in [-0.2, -0.15) is 5.26 Å². The first-order valence-electron chi connectivity index (χ1n) is 10.9. The summed E-state index contributed by atoms with van der Waals surface area (Å²) in [4.78, 5) is 39.2. The zero-order valence-electron chi connectivity index (χ0n) is 19.0. The van der Waals surface area contributed by atoms with Crippen LogP contribution in [0, 0.1) is 18.5 Å². The number of carbonyl (C=O) groups is 3. The van der Waals surface area contributed by atoms with Crippen LogP contribution in [0.4, 0.5) is 10.5 Å². The fourth-order valence-electron chi connectivity index (χ4n) is 3.65. The van der Waals surface area contributed by atoms with E-state index in [1.165, 1.54) is 6.08 Å². The molecule has 0 aromatic heterocycles. The topological polar surface area (TPSA) is 99.5 Å². The molecule has 4 rings (SSSR count). The van der Waals surface area contributed by atoms with Crippen LogP contribution >= 0.6 is 45.2 Å². The zero-order valence-corrected chi connectivity index (χ0v) is 23.4. The molecule has 1 aliphatic heterocycles. The summed E-state index contributed by atoms with van der Waals surface area (Å²) in [5, 5.41) is 11.5. The number of rotatable bonds is 6. The predicted molar refractivity (Wildman–Crippen MR) is 152 cm³/mol. The van der Waals surface area contributed by atoms with Gasteiger partial charge in [0, 0.05) is 5.56 Å². The number of imide groups is 2. The number of barbiturate groups is 1. The van der Waals surface area contributed by atoms with Gasteiger partial charge in [-0.15, -0.1) is 0 Å². The molecule has 3 aromatic rings. The first-order chi connectivity index (χ1) is 17.3. The smallest absolute Gasteiger partial charge is 0.335 e. The number of nitrogens with zero attached hydrogens (tertiary/aromatic N) is 2. The van der Waals surface area contributed by atoms with Crippen molar-refractivity contribution in [3.63, 3.8) is 0 Å². The zero-order chi connectivity index (χ0) is 25.8. The molecule has 36 heavy (non-hydrogen) atoms. The maximum atomic E-state index is 13.2. The van der Waals surface area contributed by atoms with Gasteiger partial charge in [0.2, 0.25) is 0 Å². The Bertz CT molecular complexity index is 1420. The number of nitriles is 1. The third kappa shape index (κ3) is 5.44. The van der Waals surface area contributed by atoms with Crippen molar-refractivity contribution in [1.82, 2.24) is 5.32 Å². The summed E-state index contributed by atoms with van der Waals surface area (Å²) in [5.41, 5.74) is 3.25.